The van der Waals surface area contributed by atoms with Gasteiger partial charge in [0.2, 0.25) is 0 Å². The Kier molecular flexibility index (Phi) is 1.51. The summed E-state index contributed by atoms with van der Waals surface area (Å²) in [6.45, 7) is 0. The van der Waals surface area contributed by atoms with Crippen molar-refractivity contribution in [3.05, 3.63) is 17.5 Å². The highest BCUT2D eigenvalue weighted by Crippen LogP contribution is 2.18. The fourth-order valence-electron chi connectivity index (χ4n) is 1.51. The molecule has 5 heteroatoms. The van der Waals surface area contributed by atoms with E-state index in [2.05, 4.69) is 5.10 Å². The molecule has 1 aliphatic rings. The lowest BCUT2D eigenvalue weighted by atomic mass is 10.2. The number of fused-ring (bicyclic) bond motifs is 1. The molecule has 2 rings (SSSR count). The molecule has 1 aromatic heterocycles. The molecular formula is C7H10N2O2S. The van der Waals surface area contributed by atoms with Crippen LogP contribution in [-0.4, -0.2) is 24.0 Å². The average Bonchev–Trinajstić information content (AvgIpc) is 2.30. The van der Waals surface area contributed by atoms with Crippen LogP contribution in [0.5, 0.6) is 0 Å². The van der Waals surface area contributed by atoms with Crippen molar-refractivity contribution >= 4 is 9.84 Å². The number of aromatic nitrogens is 2. The van der Waals surface area contributed by atoms with Crippen LogP contribution in [-0.2, 0) is 29.1 Å². The maximum absolute atomic E-state index is 11.2. The van der Waals surface area contributed by atoms with Gasteiger partial charge in [0, 0.05) is 24.7 Å². The van der Waals surface area contributed by atoms with Gasteiger partial charge in [0.25, 0.3) is 0 Å². The van der Waals surface area contributed by atoms with Crippen LogP contribution < -0.4 is 0 Å². The van der Waals surface area contributed by atoms with Gasteiger partial charge in [-0.15, -0.1) is 0 Å². The molecule has 0 N–H and O–H groups in total. The fourth-order valence-corrected chi connectivity index (χ4v) is 2.88. The third-order valence-electron chi connectivity index (χ3n) is 2.17. The normalized spacial score (nSPS) is 20.4. The molecule has 0 aliphatic carbocycles. The molecule has 1 aliphatic heterocycles. The van der Waals surface area contributed by atoms with Gasteiger partial charge in [-0.1, -0.05) is 0 Å². The van der Waals surface area contributed by atoms with Gasteiger partial charge in [-0.05, 0) is 0 Å². The second-order valence-electron chi connectivity index (χ2n) is 3.08. The Morgan fingerprint density at radius 2 is 2.33 bits per heavy atom. The zero-order valence-electron chi connectivity index (χ0n) is 6.82. The first-order valence-corrected chi connectivity index (χ1v) is 5.61. The summed E-state index contributed by atoms with van der Waals surface area (Å²) in [5, 5.41) is 4.02. The molecule has 0 amide bonds. The van der Waals surface area contributed by atoms with Crippen LogP contribution in [0, 0.1) is 0 Å². The van der Waals surface area contributed by atoms with Crippen LogP contribution in [0.15, 0.2) is 6.20 Å². The highest BCUT2D eigenvalue weighted by molar-refractivity contribution is 7.90. The average molecular weight is 186 g/mol. The first kappa shape index (κ1) is 7.79. The van der Waals surface area contributed by atoms with Crippen molar-refractivity contribution in [1.82, 2.24) is 9.78 Å². The summed E-state index contributed by atoms with van der Waals surface area (Å²) in [6, 6.07) is 0. The largest absolute Gasteiger partial charge is 0.272 e. The summed E-state index contributed by atoms with van der Waals surface area (Å²) in [4.78, 5) is 0. The first-order chi connectivity index (χ1) is 5.58. The molecule has 0 saturated carbocycles. The maximum Gasteiger partial charge on any atom is 0.154 e. The lowest BCUT2D eigenvalue weighted by molar-refractivity contribution is 0.589. The van der Waals surface area contributed by atoms with Crippen LogP contribution in [0.25, 0.3) is 0 Å². The Hall–Kier alpha value is -0.840. The molecule has 0 bridgehead atoms. The second kappa shape index (κ2) is 2.32. The number of nitrogens with zero attached hydrogens (tertiary/aromatic N) is 2. The number of hydrogen-bond donors (Lipinski definition) is 0. The molecule has 0 aromatic carbocycles. The summed E-state index contributed by atoms with van der Waals surface area (Å²) in [5.41, 5.74) is 1.92. The van der Waals surface area contributed by atoms with Crippen LogP contribution in [0.1, 0.15) is 11.3 Å². The van der Waals surface area contributed by atoms with Crippen molar-refractivity contribution in [2.24, 2.45) is 7.05 Å². The first-order valence-electron chi connectivity index (χ1n) is 3.79. The summed E-state index contributed by atoms with van der Waals surface area (Å²) >= 11 is 0. The third-order valence-corrected chi connectivity index (χ3v) is 3.75. The number of hydrogen-bond acceptors (Lipinski definition) is 3. The molecular weight excluding hydrogens is 176 g/mol. The molecule has 0 spiro atoms. The molecule has 12 heavy (non-hydrogen) atoms. The van der Waals surface area contributed by atoms with E-state index in [0.29, 0.717) is 6.42 Å². The fraction of sp³-hybridized carbons (Fsp3) is 0.571. The van der Waals surface area contributed by atoms with E-state index in [1.165, 1.54) is 0 Å². The minimum atomic E-state index is -2.84. The molecule has 0 fully saturated rings. The van der Waals surface area contributed by atoms with E-state index in [-0.39, 0.29) is 11.5 Å². The molecule has 2 heterocycles. The minimum Gasteiger partial charge on any atom is -0.272 e. The van der Waals surface area contributed by atoms with Crippen molar-refractivity contribution in [3.8, 4) is 0 Å². The van der Waals surface area contributed by atoms with Gasteiger partial charge in [-0.3, -0.25) is 4.68 Å². The van der Waals surface area contributed by atoms with E-state index < -0.39 is 9.84 Å². The second-order valence-corrected chi connectivity index (χ2v) is 5.27. The van der Waals surface area contributed by atoms with Crippen molar-refractivity contribution in [2.75, 3.05) is 5.75 Å². The number of sulfone groups is 1. The van der Waals surface area contributed by atoms with Gasteiger partial charge in [-0.25, -0.2) is 8.42 Å². The predicted octanol–water partition coefficient (Wildman–Crippen LogP) is -0.109. The summed E-state index contributed by atoms with van der Waals surface area (Å²) in [5.74, 6) is 0.426. The van der Waals surface area contributed by atoms with E-state index in [0.717, 1.165) is 11.3 Å². The lowest BCUT2D eigenvalue weighted by Crippen LogP contribution is -2.19. The molecule has 0 saturated heterocycles. The number of rotatable bonds is 0. The van der Waals surface area contributed by atoms with Crippen molar-refractivity contribution in [2.45, 2.75) is 12.2 Å². The monoisotopic (exact) mass is 186 g/mol. The van der Waals surface area contributed by atoms with Crippen LogP contribution in [0.2, 0.25) is 0 Å². The van der Waals surface area contributed by atoms with E-state index in [9.17, 15) is 8.42 Å². The third kappa shape index (κ3) is 1.14. The summed E-state index contributed by atoms with van der Waals surface area (Å²) in [6.07, 6.45) is 2.25. The Morgan fingerprint density at radius 1 is 1.58 bits per heavy atom. The Morgan fingerprint density at radius 3 is 3.08 bits per heavy atom. The smallest absolute Gasteiger partial charge is 0.154 e. The van der Waals surface area contributed by atoms with Crippen molar-refractivity contribution in [1.29, 1.82) is 0 Å². The Balaban J connectivity index is 2.50. The van der Waals surface area contributed by atoms with Gasteiger partial charge in [0.05, 0.1) is 17.7 Å². The van der Waals surface area contributed by atoms with Crippen LogP contribution in [0.4, 0.5) is 0 Å². The molecule has 0 unspecified atom stereocenters. The van der Waals surface area contributed by atoms with Gasteiger partial charge in [-0.2, -0.15) is 5.10 Å². The van der Waals surface area contributed by atoms with Crippen LogP contribution >= 0.6 is 0 Å². The van der Waals surface area contributed by atoms with Gasteiger partial charge in [0.15, 0.2) is 9.84 Å². The standard InChI is InChI=1S/C7H10N2O2S/c1-9-7-2-3-12(10,11)5-6(7)4-8-9/h4H,2-3,5H2,1H3. The summed E-state index contributed by atoms with van der Waals surface area (Å²) < 4.78 is 24.1. The van der Waals surface area contributed by atoms with E-state index in [4.69, 9.17) is 0 Å². The van der Waals surface area contributed by atoms with Gasteiger partial charge < -0.3 is 0 Å². The highest BCUT2D eigenvalue weighted by atomic mass is 32.2. The van der Waals surface area contributed by atoms with E-state index >= 15 is 0 Å². The van der Waals surface area contributed by atoms with Crippen LogP contribution in [0.3, 0.4) is 0 Å². The van der Waals surface area contributed by atoms with Gasteiger partial charge in [0.1, 0.15) is 0 Å². The SMILES string of the molecule is Cn1ncc2c1CCS(=O)(=O)C2. The quantitative estimate of drug-likeness (QED) is 0.568. The maximum atomic E-state index is 11.2. The summed E-state index contributed by atoms with van der Waals surface area (Å²) in [7, 11) is -0.992. The Labute approximate surface area is 71.1 Å². The minimum absolute atomic E-state index is 0.163. The topological polar surface area (TPSA) is 52.0 Å². The molecule has 66 valence electrons. The lowest BCUT2D eigenvalue weighted by Gasteiger charge is -2.12. The van der Waals surface area contributed by atoms with E-state index in [1.54, 1.807) is 10.9 Å². The van der Waals surface area contributed by atoms with Crippen molar-refractivity contribution in [3.63, 3.8) is 0 Å². The zero-order chi connectivity index (χ0) is 8.77. The van der Waals surface area contributed by atoms with Gasteiger partial charge >= 0.3 is 0 Å². The molecule has 0 radical (unpaired) electrons. The Bertz CT molecular complexity index is 405. The predicted molar refractivity (Wildman–Crippen MR) is 44.4 cm³/mol. The molecule has 0 atom stereocenters. The molecule has 4 nitrogen and oxygen atoms in total. The van der Waals surface area contributed by atoms with Crippen molar-refractivity contribution < 1.29 is 8.42 Å². The molecule has 1 aromatic rings. The highest BCUT2D eigenvalue weighted by Gasteiger charge is 2.23. The number of aryl methyl sites for hydroxylation is 1. The zero-order valence-corrected chi connectivity index (χ0v) is 7.63. The van der Waals surface area contributed by atoms with E-state index in [1.807, 2.05) is 7.05 Å².